The summed E-state index contributed by atoms with van der Waals surface area (Å²) < 4.78 is 5.49. The van der Waals surface area contributed by atoms with Crippen molar-refractivity contribution in [3.63, 3.8) is 0 Å². The van der Waals surface area contributed by atoms with Crippen molar-refractivity contribution in [3.05, 3.63) is 0 Å². The van der Waals surface area contributed by atoms with Crippen LogP contribution >= 0.6 is 0 Å². The molecule has 1 rings (SSSR count). The Morgan fingerprint density at radius 3 is 2.56 bits per heavy atom. The number of nitrogens with zero attached hydrogens (tertiary/aromatic N) is 1. The van der Waals surface area contributed by atoms with Gasteiger partial charge in [-0.05, 0) is 39.7 Å². The van der Waals surface area contributed by atoms with Crippen molar-refractivity contribution in [1.29, 1.82) is 0 Å². The second-order valence-electron chi connectivity index (χ2n) is 5.32. The van der Waals surface area contributed by atoms with E-state index < -0.39 is 5.54 Å². The number of rotatable bonds is 8. The average molecular weight is 230 g/mol. The molecule has 0 spiro atoms. The highest BCUT2D eigenvalue weighted by molar-refractivity contribution is 5.00. The Kier molecular flexibility index (Phi) is 5.18. The number of ether oxygens (including phenoxy) is 1. The molecule has 0 radical (unpaired) electrons. The van der Waals surface area contributed by atoms with Gasteiger partial charge in [0.05, 0.1) is 24.9 Å². The third-order valence-electron chi connectivity index (χ3n) is 3.17. The maximum absolute atomic E-state index is 9.38. The molecule has 0 aromatic heterocycles. The quantitative estimate of drug-likeness (QED) is 0.635. The minimum atomic E-state index is -0.410. The zero-order valence-electron chi connectivity index (χ0n) is 10.8. The zero-order chi connectivity index (χ0) is 12.2. The van der Waals surface area contributed by atoms with Crippen LogP contribution in [-0.4, -0.2) is 55.0 Å². The predicted octanol–water partition coefficient (Wildman–Crippen LogP) is 0.443. The third-order valence-corrected chi connectivity index (χ3v) is 3.17. The van der Waals surface area contributed by atoms with Crippen molar-refractivity contribution in [1.82, 2.24) is 4.90 Å². The van der Waals surface area contributed by atoms with Gasteiger partial charge >= 0.3 is 0 Å². The first-order valence-electron chi connectivity index (χ1n) is 6.18. The van der Waals surface area contributed by atoms with E-state index in [1.54, 1.807) is 0 Å². The topological polar surface area (TPSA) is 58.7 Å². The molecular weight excluding hydrogens is 204 g/mol. The summed E-state index contributed by atoms with van der Waals surface area (Å²) in [7, 11) is 2.03. The molecule has 0 saturated heterocycles. The smallest absolute Gasteiger partial charge is 0.0626 e. The molecule has 1 unspecified atom stereocenters. The van der Waals surface area contributed by atoms with E-state index in [-0.39, 0.29) is 12.7 Å². The lowest BCUT2D eigenvalue weighted by Crippen LogP contribution is -2.54. The highest BCUT2D eigenvalue weighted by atomic mass is 16.5. The summed E-state index contributed by atoms with van der Waals surface area (Å²) in [5, 5.41) is 9.38. The molecule has 16 heavy (non-hydrogen) atoms. The van der Waals surface area contributed by atoms with Gasteiger partial charge < -0.3 is 20.5 Å². The summed E-state index contributed by atoms with van der Waals surface area (Å²) in [5.41, 5.74) is 5.79. The SMILES string of the molecule is CC(C)OCCN(C)CC(N)(CO)C1CC1. The Bertz CT molecular complexity index is 207. The Hall–Kier alpha value is -0.160. The minimum absolute atomic E-state index is 0.0764. The second kappa shape index (κ2) is 5.96. The molecule has 96 valence electrons. The van der Waals surface area contributed by atoms with Crippen LogP contribution in [0.3, 0.4) is 0 Å². The number of hydrogen-bond donors (Lipinski definition) is 2. The normalized spacial score (nSPS) is 20.4. The van der Waals surface area contributed by atoms with Crippen LogP contribution in [0.4, 0.5) is 0 Å². The lowest BCUT2D eigenvalue weighted by Gasteiger charge is -2.32. The van der Waals surface area contributed by atoms with E-state index in [0.29, 0.717) is 5.92 Å². The number of nitrogens with two attached hydrogens (primary N) is 1. The molecular formula is C12H26N2O2. The zero-order valence-corrected chi connectivity index (χ0v) is 10.8. The van der Waals surface area contributed by atoms with Gasteiger partial charge in [-0.25, -0.2) is 0 Å². The van der Waals surface area contributed by atoms with Gasteiger partial charge in [0.2, 0.25) is 0 Å². The number of aliphatic hydroxyl groups is 1. The lowest BCUT2D eigenvalue weighted by molar-refractivity contribution is 0.0537. The van der Waals surface area contributed by atoms with Crippen molar-refractivity contribution in [3.8, 4) is 0 Å². The maximum atomic E-state index is 9.38. The molecule has 1 saturated carbocycles. The highest BCUT2D eigenvalue weighted by Gasteiger charge is 2.42. The van der Waals surface area contributed by atoms with Gasteiger partial charge in [-0.2, -0.15) is 0 Å². The maximum Gasteiger partial charge on any atom is 0.0626 e. The van der Waals surface area contributed by atoms with E-state index in [0.717, 1.165) is 32.5 Å². The summed E-state index contributed by atoms with van der Waals surface area (Å²) in [6.45, 7) is 6.48. The Morgan fingerprint density at radius 1 is 1.50 bits per heavy atom. The van der Waals surface area contributed by atoms with Gasteiger partial charge in [-0.15, -0.1) is 0 Å². The molecule has 1 aliphatic rings. The fourth-order valence-corrected chi connectivity index (χ4v) is 1.99. The van der Waals surface area contributed by atoms with Gasteiger partial charge in [-0.1, -0.05) is 0 Å². The van der Waals surface area contributed by atoms with Gasteiger partial charge in [-0.3, -0.25) is 0 Å². The predicted molar refractivity (Wildman–Crippen MR) is 65.3 cm³/mol. The molecule has 0 heterocycles. The highest BCUT2D eigenvalue weighted by Crippen LogP contribution is 2.38. The summed E-state index contributed by atoms with van der Waals surface area (Å²) >= 11 is 0. The standard InChI is InChI=1S/C12H26N2O2/c1-10(2)16-7-6-14(3)8-12(13,9-15)11-4-5-11/h10-11,15H,4-9,13H2,1-3H3. The summed E-state index contributed by atoms with van der Waals surface area (Å²) in [6.07, 6.45) is 2.60. The summed E-state index contributed by atoms with van der Waals surface area (Å²) in [5.74, 6) is 0.506. The van der Waals surface area contributed by atoms with E-state index in [1.807, 2.05) is 20.9 Å². The van der Waals surface area contributed by atoms with Crippen LogP contribution in [0.25, 0.3) is 0 Å². The molecule has 3 N–H and O–H groups in total. The number of aliphatic hydroxyl groups excluding tert-OH is 1. The first kappa shape index (κ1) is 13.9. The van der Waals surface area contributed by atoms with Crippen LogP contribution in [-0.2, 0) is 4.74 Å². The van der Waals surface area contributed by atoms with E-state index in [9.17, 15) is 5.11 Å². The van der Waals surface area contributed by atoms with Crippen LogP contribution < -0.4 is 5.73 Å². The molecule has 4 nitrogen and oxygen atoms in total. The monoisotopic (exact) mass is 230 g/mol. The van der Waals surface area contributed by atoms with Crippen molar-refractivity contribution in [2.75, 3.05) is 33.4 Å². The van der Waals surface area contributed by atoms with Crippen LogP contribution in [0.15, 0.2) is 0 Å². The van der Waals surface area contributed by atoms with Crippen molar-refractivity contribution in [2.45, 2.75) is 38.3 Å². The van der Waals surface area contributed by atoms with E-state index >= 15 is 0 Å². The van der Waals surface area contributed by atoms with Crippen molar-refractivity contribution < 1.29 is 9.84 Å². The van der Waals surface area contributed by atoms with Gasteiger partial charge in [0.1, 0.15) is 0 Å². The number of hydrogen-bond acceptors (Lipinski definition) is 4. The molecule has 4 heteroatoms. The van der Waals surface area contributed by atoms with E-state index in [4.69, 9.17) is 10.5 Å². The van der Waals surface area contributed by atoms with Gasteiger partial charge in [0, 0.05) is 13.1 Å². The molecule has 0 aromatic rings. The van der Waals surface area contributed by atoms with Gasteiger partial charge in [0.15, 0.2) is 0 Å². The first-order valence-corrected chi connectivity index (χ1v) is 6.18. The summed E-state index contributed by atoms with van der Waals surface area (Å²) in [4.78, 5) is 2.15. The average Bonchev–Trinajstić information content (AvgIpc) is 3.00. The van der Waals surface area contributed by atoms with E-state index in [1.165, 1.54) is 0 Å². The fraction of sp³-hybridized carbons (Fsp3) is 1.00. The molecule has 1 fully saturated rings. The largest absolute Gasteiger partial charge is 0.394 e. The molecule has 0 bridgehead atoms. The summed E-state index contributed by atoms with van der Waals surface area (Å²) in [6, 6.07) is 0. The molecule has 1 aliphatic carbocycles. The van der Waals surface area contributed by atoms with Crippen molar-refractivity contribution >= 4 is 0 Å². The lowest BCUT2D eigenvalue weighted by atomic mass is 9.95. The van der Waals surface area contributed by atoms with Crippen LogP contribution in [0.5, 0.6) is 0 Å². The van der Waals surface area contributed by atoms with Crippen LogP contribution in [0.2, 0.25) is 0 Å². The Labute approximate surface area is 98.8 Å². The van der Waals surface area contributed by atoms with Crippen LogP contribution in [0, 0.1) is 5.92 Å². The molecule has 0 aromatic carbocycles. The molecule has 0 aliphatic heterocycles. The Balaban J connectivity index is 2.23. The van der Waals surface area contributed by atoms with Crippen LogP contribution in [0.1, 0.15) is 26.7 Å². The first-order chi connectivity index (χ1) is 7.48. The molecule has 1 atom stereocenters. The minimum Gasteiger partial charge on any atom is -0.394 e. The fourth-order valence-electron chi connectivity index (χ4n) is 1.99. The number of likely N-dealkylation sites (N-methyl/N-ethyl adjacent to an activating group) is 1. The third kappa shape index (κ3) is 4.37. The van der Waals surface area contributed by atoms with E-state index in [2.05, 4.69) is 4.90 Å². The second-order valence-corrected chi connectivity index (χ2v) is 5.32. The Morgan fingerprint density at radius 2 is 2.12 bits per heavy atom. The van der Waals surface area contributed by atoms with Gasteiger partial charge in [0.25, 0.3) is 0 Å². The van der Waals surface area contributed by atoms with Crippen molar-refractivity contribution in [2.24, 2.45) is 11.7 Å². The molecule has 0 amide bonds.